The number of benzene rings is 1. The number of aromatic hydroxyl groups is 1. The Bertz CT molecular complexity index is 432. The van der Waals surface area contributed by atoms with Crippen LogP contribution in [0.4, 0.5) is 0 Å². The summed E-state index contributed by atoms with van der Waals surface area (Å²) in [4.78, 5) is 1.93. The quantitative estimate of drug-likeness (QED) is 0.744. The fourth-order valence-corrected chi connectivity index (χ4v) is 2.20. The summed E-state index contributed by atoms with van der Waals surface area (Å²) in [5.74, 6) is 0.305. The first-order chi connectivity index (χ1) is 9.29. The van der Waals surface area contributed by atoms with Gasteiger partial charge >= 0.3 is 0 Å². The summed E-state index contributed by atoms with van der Waals surface area (Å²) in [6.07, 6.45) is 0. The van der Waals surface area contributed by atoms with Crippen molar-refractivity contribution < 1.29 is 15.3 Å². The smallest absolute Gasteiger partial charge is 0.122 e. The lowest BCUT2D eigenvalue weighted by molar-refractivity contribution is 0.155. The molecule has 1 aromatic rings. The van der Waals surface area contributed by atoms with Crippen LogP contribution in [0.2, 0.25) is 0 Å². The molecule has 0 aliphatic rings. The average Bonchev–Trinajstić information content (AvgIpc) is 2.34. The molecule has 0 amide bonds. The molecule has 0 aliphatic heterocycles. The van der Waals surface area contributed by atoms with Gasteiger partial charge in [0.25, 0.3) is 0 Å². The van der Waals surface area contributed by atoms with Crippen LogP contribution in [0.3, 0.4) is 0 Å². The second kappa shape index (κ2) is 7.07. The highest BCUT2D eigenvalue weighted by Crippen LogP contribution is 2.31. The van der Waals surface area contributed by atoms with Crippen molar-refractivity contribution in [3.63, 3.8) is 0 Å². The van der Waals surface area contributed by atoms with Gasteiger partial charge in [0.05, 0.1) is 13.2 Å². The molecule has 0 heterocycles. The van der Waals surface area contributed by atoms with Crippen molar-refractivity contribution in [3.05, 3.63) is 28.8 Å². The molecule has 4 nitrogen and oxygen atoms in total. The summed E-state index contributed by atoms with van der Waals surface area (Å²) in [7, 11) is 0. The molecule has 0 unspecified atom stereocenters. The monoisotopic (exact) mass is 281 g/mol. The SMILES string of the molecule is Cc1cc(C(C)(C)C)cc(CN(CCO)CCO)c1O. The Morgan fingerprint density at radius 1 is 1.05 bits per heavy atom. The zero-order valence-corrected chi connectivity index (χ0v) is 13.0. The van der Waals surface area contributed by atoms with E-state index in [1.165, 1.54) is 5.56 Å². The molecule has 0 fully saturated rings. The maximum Gasteiger partial charge on any atom is 0.122 e. The number of aliphatic hydroxyl groups is 2. The van der Waals surface area contributed by atoms with Crippen molar-refractivity contribution in [2.75, 3.05) is 26.3 Å². The van der Waals surface area contributed by atoms with Gasteiger partial charge in [0.2, 0.25) is 0 Å². The van der Waals surface area contributed by atoms with Crippen LogP contribution in [0.1, 0.15) is 37.5 Å². The summed E-state index contributed by atoms with van der Waals surface area (Å²) in [5, 5.41) is 28.3. The van der Waals surface area contributed by atoms with Gasteiger partial charge in [-0.15, -0.1) is 0 Å². The molecule has 4 heteroatoms. The Morgan fingerprint density at radius 2 is 1.60 bits per heavy atom. The number of phenols is 1. The molecule has 0 spiro atoms. The standard InChI is InChI=1S/C16H27NO3/c1-12-9-14(16(2,3)4)10-13(15(12)20)11-17(5-7-18)6-8-19/h9-10,18-20H,5-8,11H2,1-4H3. The molecule has 0 aromatic heterocycles. The maximum atomic E-state index is 10.2. The Morgan fingerprint density at radius 3 is 2.05 bits per heavy atom. The van der Waals surface area contributed by atoms with E-state index in [-0.39, 0.29) is 18.6 Å². The minimum Gasteiger partial charge on any atom is -0.507 e. The second-order valence-electron chi connectivity index (χ2n) is 6.27. The van der Waals surface area contributed by atoms with Crippen molar-refractivity contribution in [2.24, 2.45) is 0 Å². The third-order valence-corrected chi connectivity index (χ3v) is 3.47. The number of phenolic OH excluding ortho intramolecular Hbond substituents is 1. The van der Waals surface area contributed by atoms with E-state index >= 15 is 0 Å². The van der Waals surface area contributed by atoms with Gasteiger partial charge in [-0.1, -0.05) is 32.9 Å². The Balaban J connectivity index is 3.06. The third kappa shape index (κ3) is 4.47. The van der Waals surface area contributed by atoms with E-state index in [0.29, 0.717) is 25.4 Å². The summed E-state index contributed by atoms with van der Waals surface area (Å²) >= 11 is 0. The predicted octanol–water partition coefficient (Wildman–Crippen LogP) is 1.78. The lowest BCUT2D eigenvalue weighted by Crippen LogP contribution is -2.29. The van der Waals surface area contributed by atoms with Crippen LogP contribution < -0.4 is 0 Å². The first-order valence-corrected chi connectivity index (χ1v) is 7.06. The largest absolute Gasteiger partial charge is 0.507 e. The van der Waals surface area contributed by atoms with Crippen LogP contribution >= 0.6 is 0 Å². The van der Waals surface area contributed by atoms with Crippen molar-refractivity contribution in [2.45, 2.75) is 39.7 Å². The summed E-state index contributed by atoms with van der Waals surface area (Å²) in [5.41, 5.74) is 2.90. The van der Waals surface area contributed by atoms with Crippen molar-refractivity contribution in [1.82, 2.24) is 4.90 Å². The van der Waals surface area contributed by atoms with Gasteiger partial charge in [0.1, 0.15) is 5.75 Å². The maximum absolute atomic E-state index is 10.2. The van der Waals surface area contributed by atoms with E-state index in [9.17, 15) is 5.11 Å². The van der Waals surface area contributed by atoms with Crippen LogP contribution in [0.5, 0.6) is 5.75 Å². The lowest BCUT2D eigenvalue weighted by Gasteiger charge is -2.25. The third-order valence-electron chi connectivity index (χ3n) is 3.47. The van der Waals surface area contributed by atoms with Crippen molar-refractivity contribution >= 4 is 0 Å². The summed E-state index contributed by atoms with van der Waals surface area (Å²) in [6.45, 7) is 9.90. The normalized spacial score (nSPS) is 12.2. The topological polar surface area (TPSA) is 63.9 Å². The highest BCUT2D eigenvalue weighted by Gasteiger charge is 2.18. The van der Waals surface area contributed by atoms with E-state index < -0.39 is 0 Å². The number of aryl methyl sites for hydroxylation is 1. The van der Waals surface area contributed by atoms with Gasteiger partial charge < -0.3 is 15.3 Å². The second-order valence-corrected chi connectivity index (χ2v) is 6.27. The molecule has 1 aromatic carbocycles. The Kier molecular flexibility index (Phi) is 5.99. The molecule has 0 bridgehead atoms. The fraction of sp³-hybridized carbons (Fsp3) is 0.625. The number of rotatable bonds is 6. The Hall–Kier alpha value is -1.10. The average molecular weight is 281 g/mol. The number of hydrogen-bond donors (Lipinski definition) is 3. The minimum atomic E-state index is 0.0198. The van der Waals surface area contributed by atoms with Gasteiger partial charge in [0.15, 0.2) is 0 Å². The zero-order chi connectivity index (χ0) is 15.3. The van der Waals surface area contributed by atoms with Gasteiger partial charge in [-0.05, 0) is 23.5 Å². The van der Waals surface area contributed by atoms with Crippen LogP contribution in [-0.4, -0.2) is 46.5 Å². The van der Waals surface area contributed by atoms with Crippen molar-refractivity contribution in [1.29, 1.82) is 0 Å². The molecule has 0 radical (unpaired) electrons. The van der Waals surface area contributed by atoms with Gasteiger partial charge in [-0.3, -0.25) is 4.90 Å². The van der Waals surface area contributed by atoms with Crippen LogP contribution in [0.25, 0.3) is 0 Å². The molecule has 0 saturated heterocycles. The van der Waals surface area contributed by atoms with Gasteiger partial charge in [0, 0.05) is 25.2 Å². The molecule has 0 atom stereocenters. The molecule has 3 N–H and O–H groups in total. The molecular formula is C16H27NO3. The minimum absolute atomic E-state index is 0.0198. The van der Waals surface area contributed by atoms with E-state index in [0.717, 1.165) is 11.1 Å². The molecule has 0 aliphatic carbocycles. The number of aliphatic hydroxyl groups excluding tert-OH is 2. The summed E-state index contributed by atoms with van der Waals surface area (Å²) in [6, 6.07) is 4.03. The number of hydrogen-bond acceptors (Lipinski definition) is 4. The highest BCUT2D eigenvalue weighted by molar-refractivity contribution is 5.45. The number of nitrogens with zero attached hydrogens (tertiary/aromatic N) is 1. The fourth-order valence-electron chi connectivity index (χ4n) is 2.20. The van der Waals surface area contributed by atoms with Gasteiger partial charge in [-0.25, -0.2) is 0 Å². The Labute approximate surface area is 121 Å². The predicted molar refractivity (Wildman–Crippen MR) is 81.0 cm³/mol. The van der Waals surface area contributed by atoms with Crippen LogP contribution in [0, 0.1) is 6.92 Å². The first kappa shape index (κ1) is 17.0. The molecule has 20 heavy (non-hydrogen) atoms. The molecule has 1 rings (SSSR count). The van der Waals surface area contributed by atoms with E-state index in [4.69, 9.17) is 10.2 Å². The van der Waals surface area contributed by atoms with Crippen molar-refractivity contribution in [3.8, 4) is 5.75 Å². The van der Waals surface area contributed by atoms with E-state index in [2.05, 4.69) is 20.8 Å². The molecule has 0 saturated carbocycles. The van der Waals surface area contributed by atoms with E-state index in [1.807, 2.05) is 24.0 Å². The van der Waals surface area contributed by atoms with E-state index in [1.54, 1.807) is 0 Å². The van der Waals surface area contributed by atoms with Crippen LogP contribution in [0.15, 0.2) is 12.1 Å². The first-order valence-electron chi connectivity index (χ1n) is 7.06. The molecular weight excluding hydrogens is 254 g/mol. The van der Waals surface area contributed by atoms with Gasteiger partial charge in [-0.2, -0.15) is 0 Å². The zero-order valence-electron chi connectivity index (χ0n) is 13.0. The lowest BCUT2D eigenvalue weighted by atomic mass is 9.85. The van der Waals surface area contributed by atoms with Crippen LogP contribution in [-0.2, 0) is 12.0 Å². The highest BCUT2D eigenvalue weighted by atomic mass is 16.3. The summed E-state index contributed by atoms with van der Waals surface area (Å²) < 4.78 is 0. The molecule has 114 valence electrons.